The first-order chi connectivity index (χ1) is 14.3. The van der Waals surface area contributed by atoms with Crippen LogP contribution >= 0.6 is 0 Å². The van der Waals surface area contributed by atoms with E-state index >= 15 is 0 Å². The number of unbranched alkanes of at least 4 members (excludes halogenated alkanes) is 1. The van der Waals surface area contributed by atoms with Crippen molar-refractivity contribution < 1.29 is 22.5 Å². The zero-order chi connectivity index (χ0) is 21.6. The molecule has 0 fully saturated rings. The molecule has 0 aliphatic heterocycles. The molecule has 0 bridgehead atoms. The fourth-order valence-corrected chi connectivity index (χ4v) is 2.89. The van der Waals surface area contributed by atoms with Crippen molar-refractivity contribution in [3.05, 3.63) is 65.5 Å². The molecule has 1 heterocycles. The maximum Gasteiger partial charge on any atom is 0.416 e. The lowest BCUT2D eigenvalue weighted by Crippen LogP contribution is -2.12. The number of nitrogens with zero attached hydrogens (tertiary/aromatic N) is 2. The van der Waals surface area contributed by atoms with Crippen LogP contribution in [0.15, 0.2) is 53.1 Å². The van der Waals surface area contributed by atoms with E-state index in [9.17, 15) is 18.0 Å². The standard InChI is InChI=1S/C22H22F3N3O2/c1-2-3-5-15-8-10-18(11-9-15)26-19(29)12-13-20-27-21(28-30-20)16-6-4-7-17(14-16)22(23,24)25/h4,6-11,14H,2-3,5,12-13H2,1H3,(H,26,29). The van der Waals surface area contributed by atoms with E-state index in [-0.39, 0.29) is 36.0 Å². The van der Waals surface area contributed by atoms with Gasteiger partial charge in [0, 0.05) is 24.1 Å². The second-order valence-electron chi connectivity index (χ2n) is 6.94. The van der Waals surface area contributed by atoms with E-state index in [0.29, 0.717) is 5.69 Å². The number of benzene rings is 2. The van der Waals surface area contributed by atoms with Crippen LogP contribution in [0, 0.1) is 0 Å². The Balaban J connectivity index is 1.54. The number of halogens is 3. The Kier molecular flexibility index (Phi) is 6.87. The third-order valence-electron chi connectivity index (χ3n) is 4.54. The second-order valence-corrected chi connectivity index (χ2v) is 6.94. The van der Waals surface area contributed by atoms with Gasteiger partial charge in [0.15, 0.2) is 0 Å². The zero-order valence-electron chi connectivity index (χ0n) is 16.5. The van der Waals surface area contributed by atoms with Crippen LogP contribution in [-0.4, -0.2) is 16.0 Å². The molecule has 158 valence electrons. The minimum absolute atomic E-state index is 0.0548. The molecule has 8 heteroatoms. The molecular weight excluding hydrogens is 395 g/mol. The van der Waals surface area contributed by atoms with Gasteiger partial charge in [-0.2, -0.15) is 18.2 Å². The van der Waals surface area contributed by atoms with Crippen molar-refractivity contribution in [2.45, 2.75) is 45.2 Å². The van der Waals surface area contributed by atoms with Crippen molar-refractivity contribution in [2.24, 2.45) is 0 Å². The van der Waals surface area contributed by atoms with Crippen molar-refractivity contribution in [1.29, 1.82) is 0 Å². The summed E-state index contributed by atoms with van der Waals surface area (Å²) in [5, 5.41) is 6.52. The van der Waals surface area contributed by atoms with Gasteiger partial charge in [0.2, 0.25) is 17.6 Å². The summed E-state index contributed by atoms with van der Waals surface area (Å²) in [7, 11) is 0. The third-order valence-corrected chi connectivity index (χ3v) is 4.54. The van der Waals surface area contributed by atoms with Gasteiger partial charge in [-0.15, -0.1) is 0 Å². The molecule has 1 N–H and O–H groups in total. The number of alkyl halides is 3. The first-order valence-corrected chi connectivity index (χ1v) is 9.74. The van der Waals surface area contributed by atoms with E-state index < -0.39 is 11.7 Å². The number of aromatic nitrogens is 2. The number of carbonyl (C=O) groups is 1. The molecule has 0 saturated carbocycles. The maximum atomic E-state index is 12.8. The minimum Gasteiger partial charge on any atom is -0.339 e. The monoisotopic (exact) mass is 417 g/mol. The Labute approximate surface area is 172 Å². The van der Waals surface area contributed by atoms with E-state index in [0.717, 1.165) is 31.4 Å². The fourth-order valence-electron chi connectivity index (χ4n) is 2.89. The molecule has 3 aromatic rings. The smallest absolute Gasteiger partial charge is 0.339 e. The highest BCUT2D eigenvalue weighted by Crippen LogP contribution is 2.31. The average Bonchev–Trinajstić information content (AvgIpc) is 3.20. The van der Waals surface area contributed by atoms with E-state index in [1.54, 1.807) is 0 Å². The molecule has 3 rings (SSSR count). The molecule has 0 spiro atoms. The van der Waals surface area contributed by atoms with Gasteiger partial charge in [-0.3, -0.25) is 4.79 Å². The van der Waals surface area contributed by atoms with Crippen molar-refractivity contribution in [3.8, 4) is 11.4 Å². The highest BCUT2D eigenvalue weighted by molar-refractivity contribution is 5.90. The lowest BCUT2D eigenvalue weighted by molar-refractivity contribution is -0.137. The summed E-state index contributed by atoms with van der Waals surface area (Å²) in [6.07, 6.45) is -0.888. The summed E-state index contributed by atoms with van der Waals surface area (Å²) < 4.78 is 43.6. The first kappa shape index (κ1) is 21.5. The predicted molar refractivity (Wildman–Crippen MR) is 107 cm³/mol. The van der Waals surface area contributed by atoms with Gasteiger partial charge in [0.05, 0.1) is 5.56 Å². The van der Waals surface area contributed by atoms with Crippen molar-refractivity contribution in [2.75, 3.05) is 5.32 Å². The maximum absolute atomic E-state index is 12.8. The SMILES string of the molecule is CCCCc1ccc(NC(=O)CCc2nc(-c3cccc(C(F)(F)F)c3)no2)cc1. The van der Waals surface area contributed by atoms with Crippen molar-refractivity contribution in [3.63, 3.8) is 0 Å². The Bertz CT molecular complexity index is 982. The van der Waals surface area contributed by atoms with Gasteiger partial charge < -0.3 is 9.84 Å². The average molecular weight is 417 g/mol. The number of amides is 1. The lowest BCUT2D eigenvalue weighted by Gasteiger charge is -2.06. The molecule has 0 atom stereocenters. The third kappa shape index (κ3) is 5.92. The van der Waals surface area contributed by atoms with Crippen LogP contribution in [0.1, 0.15) is 43.2 Å². The van der Waals surface area contributed by atoms with Gasteiger partial charge in [-0.1, -0.05) is 42.8 Å². The van der Waals surface area contributed by atoms with Gasteiger partial charge in [-0.25, -0.2) is 0 Å². The van der Waals surface area contributed by atoms with Crippen LogP contribution in [0.25, 0.3) is 11.4 Å². The first-order valence-electron chi connectivity index (χ1n) is 9.74. The fraction of sp³-hybridized carbons (Fsp3) is 0.318. The Morgan fingerprint density at radius 2 is 1.87 bits per heavy atom. The number of nitrogens with one attached hydrogen (secondary N) is 1. The molecule has 0 aliphatic rings. The topological polar surface area (TPSA) is 68.0 Å². The highest BCUT2D eigenvalue weighted by Gasteiger charge is 2.30. The molecule has 0 aliphatic carbocycles. The van der Waals surface area contributed by atoms with E-state index in [1.165, 1.54) is 17.7 Å². The Morgan fingerprint density at radius 3 is 2.57 bits per heavy atom. The number of aryl methyl sites for hydroxylation is 2. The summed E-state index contributed by atoms with van der Waals surface area (Å²) in [6.45, 7) is 2.14. The van der Waals surface area contributed by atoms with Crippen LogP contribution in [0.4, 0.5) is 18.9 Å². The number of hydrogen-bond donors (Lipinski definition) is 1. The molecule has 1 amide bonds. The highest BCUT2D eigenvalue weighted by atomic mass is 19.4. The van der Waals surface area contributed by atoms with Crippen LogP contribution in [0.3, 0.4) is 0 Å². The molecule has 5 nitrogen and oxygen atoms in total. The van der Waals surface area contributed by atoms with Gasteiger partial charge >= 0.3 is 6.18 Å². The number of hydrogen-bond acceptors (Lipinski definition) is 4. The van der Waals surface area contributed by atoms with Gasteiger partial charge in [0.1, 0.15) is 0 Å². The summed E-state index contributed by atoms with van der Waals surface area (Å²) in [6, 6.07) is 12.4. The van der Waals surface area contributed by atoms with E-state index in [2.05, 4.69) is 22.4 Å². The van der Waals surface area contributed by atoms with Crippen molar-refractivity contribution in [1.82, 2.24) is 10.1 Å². The molecular formula is C22H22F3N3O2. The van der Waals surface area contributed by atoms with Crippen LogP contribution in [0.2, 0.25) is 0 Å². The minimum atomic E-state index is -4.45. The van der Waals surface area contributed by atoms with Crippen molar-refractivity contribution >= 4 is 11.6 Å². The number of rotatable bonds is 8. The lowest BCUT2D eigenvalue weighted by atomic mass is 10.1. The molecule has 2 aromatic carbocycles. The van der Waals surface area contributed by atoms with Gasteiger partial charge in [0.25, 0.3) is 0 Å². The number of carbonyl (C=O) groups excluding carboxylic acids is 1. The zero-order valence-corrected chi connectivity index (χ0v) is 16.5. The van der Waals surface area contributed by atoms with E-state index in [1.807, 2.05) is 24.3 Å². The van der Waals surface area contributed by atoms with Crippen LogP contribution < -0.4 is 5.32 Å². The Morgan fingerprint density at radius 1 is 1.10 bits per heavy atom. The van der Waals surface area contributed by atoms with Crippen LogP contribution in [-0.2, 0) is 23.8 Å². The second kappa shape index (κ2) is 9.56. The summed E-state index contributed by atoms with van der Waals surface area (Å²) in [5.41, 5.74) is 1.34. The molecule has 0 saturated heterocycles. The van der Waals surface area contributed by atoms with E-state index in [4.69, 9.17) is 4.52 Å². The van der Waals surface area contributed by atoms with Gasteiger partial charge in [-0.05, 0) is 42.7 Å². The molecule has 30 heavy (non-hydrogen) atoms. The largest absolute Gasteiger partial charge is 0.416 e. The normalized spacial score (nSPS) is 11.5. The summed E-state index contributed by atoms with van der Waals surface area (Å²) in [5.74, 6) is 0.0294. The molecule has 1 aromatic heterocycles. The molecule has 0 unspecified atom stereocenters. The van der Waals surface area contributed by atoms with Crippen LogP contribution in [0.5, 0.6) is 0 Å². The number of anilines is 1. The summed E-state index contributed by atoms with van der Waals surface area (Å²) >= 11 is 0. The summed E-state index contributed by atoms with van der Waals surface area (Å²) in [4.78, 5) is 16.2. The quantitative estimate of drug-likeness (QED) is 0.513. The molecule has 0 radical (unpaired) electrons. The Hall–Kier alpha value is -3.16. The predicted octanol–water partition coefficient (Wildman–Crippen LogP) is 5.67.